The molecule has 1 fully saturated rings. The molecule has 1 aromatic carbocycles. The fourth-order valence-corrected chi connectivity index (χ4v) is 4.08. The average molecular weight is 304 g/mol. The van der Waals surface area contributed by atoms with E-state index in [0.29, 0.717) is 16.1 Å². The predicted octanol–water partition coefficient (Wildman–Crippen LogP) is 2.93. The van der Waals surface area contributed by atoms with Gasteiger partial charge in [0.15, 0.2) is 17.5 Å². The Morgan fingerprint density at radius 2 is 1.70 bits per heavy atom. The van der Waals surface area contributed by atoms with E-state index in [1.807, 2.05) is 11.8 Å². The maximum absolute atomic E-state index is 13.4. The van der Waals surface area contributed by atoms with Crippen LogP contribution in [0.15, 0.2) is 12.1 Å². The van der Waals surface area contributed by atoms with E-state index in [2.05, 4.69) is 18.7 Å². The zero-order chi connectivity index (χ0) is 14.9. The molecule has 0 spiro atoms. The molecule has 2 N–H and O–H groups in total. The summed E-state index contributed by atoms with van der Waals surface area (Å²) in [6, 6.07) is 1.81. The molecule has 0 radical (unpaired) electrons. The van der Waals surface area contributed by atoms with Crippen LogP contribution in [0.5, 0.6) is 0 Å². The largest absolute Gasteiger partial charge is 0.329 e. The van der Waals surface area contributed by atoms with Crippen molar-refractivity contribution in [2.75, 3.05) is 19.6 Å². The molecule has 0 amide bonds. The van der Waals surface area contributed by atoms with Crippen LogP contribution in [-0.2, 0) is 0 Å². The fourth-order valence-electron chi connectivity index (χ4n) is 2.74. The van der Waals surface area contributed by atoms with Gasteiger partial charge in [-0.25, -0.2) is 13.2 Å². The minimum absolute atomic E-state index is 0.245. The Kier molecular flexibility index (Phi) is 4.99. The smallest absolute Gasteiger partial charge is 0.194 e. The second-order valence-corrected chi connectivity index (χ2v) is 7.14. The fraction of sp³-hybridized carbons (Fsp3) is 0.571. The Labute approximate surface area is 121 Å². The molecule has 1 aliphatic heterocycles. The van der Waals surface area contributed by atoms with Gasteiger partial charge in [-0.3, -0.25) is 4.90 Å². The first-order valence-corrected chi connectivity index (χ1v) is 7.60. The van der Waals surface area contributed by atoms with Crippen LogP contribution in [0.25, 0.3) is 0 Å². The third-order valence-electron chi connectivity index (χ3n) is 3.50. The van der Waals surface area contributed by atoms with Crippen molar-refractivity contribution in [2.45, 2.75) is 30.4 Å². The maximum Gasteiger partial charge on any atom is 0.194 e. The Morgan fingerprint density at radius 1 is 1.20 bits per heavy atom. The second kappa shape index (κ2) is 6.37. The molecule has 0 aromatic heterocycles. The molecule has 0 aliphatic carbocycles. The van der Waals surface area contributed by atoms with Crippen LogP contribution in [0.3, 0.4) is 0 Å². The molecule has 3 atom stereocenters. The van der Waals surface area contributed by atoms with Gasteiger partial charge in [0.2, 0.25) is 0 Å². The van der Waals surface area contributed by atoms with Crippen LogP contribution >= 0.6 is 11.8 Å². The molecule has 3 unspecified atom stereocenters. The maximum atomic E-state index is 13.4. The standard InChI is InChI=1S/C14H19F3N2S/c1-8-6-19(7-9(2)20-8)13(5-18)10-3-11(15)14(17)12(16)4-10/h3-4,8-9,13H,5-7,18H2,1-2H3. The molecule has 112 valence electrons. The van der Waals surface area contributed by atoms with Gasteiger partial charge in [0.05, 0.1) is 0 Å². The van der Waals surface area contributed by atoms with E-state index in [9.17, 15) is 13.2 Å². The number of halogens is 3. The van der Waals surface area contributed by atoms with Gasteiger partial charge in [0, 0.05) is 36.2 Å². The lowest BCUT2D eigenvalue weighted by atomic mass is 10.0. The Morgan fingerprint density at radius 3 is 2.15 bits per heavy atom. The van der Waals surface area contributed by atoms with E-state index in [1.165, 1.54) is 0 Å². The molecule has 2 rings (SSSR count). The summed E-state index contributed by atoms with van der Waals surface area (Å²) in [4.78, 5) is 2.12. The van der Waals surface area contributed by atoms with Crippen molar-refractivity contribution in [3.8, 4) is 0 Å². The highest BCUT2D eigenvalue weighted by atomic mass is 32.2. The first-order valence-electron chi connectivity index (χ1n) is 6.66. The molecule has 2 nitrogen and oxygen atoms in total. The lowest BCUT2D eigenvalue weighted by Gasteiger charge is -2.39. The Bertz CT molecular complexity index is 450. The second-order valence-electron chi connectivity index (χ2n) is 5.26. The quantitative estimate of drug-likeness (QED) is 0.871. The minimum Gasteiger partial charge on any atom is -0.329 e. The Balaban J connectivity index is 2.28. The molecular formula is C14H19F3N2S. The van der Waals surface area contributed by atoms with Gasteiger partial charge in [-0.05, 0) is 17.7 Å². The molecule has 20 heavy (non-hydrogen) atoms. The molecule has 1 saturated heterocycles. The molecular weight excluding hydrogens is 285 g/mol. The van der Waals surface area contributed by atoms with E-state index in [-0.39, 0.29) is 12.6 Å². The summed E-state index contributed by atoms with van der Waals surface area (Å²) >= 11 is 1.89. The SMILES string of the molecule is CC1CN(C(CN)c2cc(F)c(F)c(F)c2)CC(C)S1. The summed E-state index contributed by atoms with van der Waals surface area (Å²) in [5, 5.41) is 0.867. The number of rotatable bonds is 3. The molecule has 1 aromatic rings. The zero-order valence-corrected chi connectivity index (χ0v) is 12.4. The number of hydrogen-bond donors (Lipinski definition) is 1. The van der Waals surface area contributed by atoms with Crippen molar-refractivity contribution >= 4 is 11.8 Å². The highest BCUT2D eigenvalue weighted by Gasteiger charge is 2.29. The molecule has 0 bridgehead atoms. The number of benzene rings is 1. The van der Waals surface area contributed by atoms with Crippen molar-refractivity contribution < 1.29 is 13.2 Å². The van der Waals surface area contributed by atoms with E-state index >= 15 is 0 Å². The van der Waals surface area contributed by atoms with Crippen molar-refractivity contribution in [1.82, 2.24) is 4.90 Å². The average Bonchev–Trinajstić information content (AvgIpc) is 2.35. The van der Waals surface area contributed by atoms with Crippen molar-refractivity contribution in [1.29, 1.82) is 0 Å². The summed E-state index contributed by atoms with van der Waals surface area (Å²) in [5.41, 5.74) is 6.18. The van der Waals surface area contributed by atoms with Crippen molar-refractivity contribution in [3.63, 3.8) is 0 Å². The summed E-state index contributed by atoms with van der Waals surface area (Å²) < 4.78 is 39.8. The number of hydrogen-bond acceptors (Lipinski definition) is 3. The zero-order valence-electron chi connectivity index (χ0n) is 11.6. The summed E-state index contributed by atoms with van der Waals surface area (Å²) in [6.45, 7) is 6.09. The highest BCUT2D eigenvalue weighted by Crippen LogP contribution is 2.31. The van der Waals surface area contributed by atoms with Crippen molar-refractivity contribution in [2.24, 2.45) is 5.73 Å². The highest BCUT2D eigenvalue weighted by molar-refractivity contribution is 8.00. The first kappa shape index (κ1) is 15.7. The van der Waals surface area contributed by atoms with Gasteiger partial charge in [0.25, 0.3) is 0 Å². The van der Waals surface area contributed by atoms with E-state index in [1.54, 1.807) is 0 Å². The lowest BCUT2D eigenvalue weighted by Crippen LogP contribution is -2.44. The number of nitrogens with two attached hydrogens (primary N) is 1. The predicted molar refractivity (Wildman–Crippen MR) is 76.2 cm³/mol. The normalized spacial score (nSPS) is 25.7. The van der Waals surface area contributed by atoms with Gasteiger partial charge in [0.1, 0.15) is 0 Å². The minimum atomic E-state index is -1.43. The van der Waals surface area contributed by atoms with Gasteiger partial charge in [-0.2, -0.15) is 11.8 Å². The van der Waals surface area contributed by atoms with Gasteiger partial charge >= 0.3 is 0 Å². The van der Waals surface area contributed by atoms with E-state index in [4.69, 9.17) is 5.73 Å². The number of thioether (sulfide) groups is 1. The van der Waals surface area contributed by atoms with E-state index in [0.717, 1.165) is 25.2 Å². The monoisotopic (exact) mass is 304 g/mol. The van der Waals surface area contributed by atoms with Gasteiger partial charge in [-0.1, -0.05) is 13.8 Å². The van der Waals surface area contributed by atoms with Crippen molar-refractivity contribution in [3.05, 3.63) is 35.1 Å². The third-order valence-corrected chi connectivity index (χ3v) is 4.73. The van der Waals surface area contributed by atoms with Crippen LogP contribution < -0.4 is 5.73 Å². The van der Waals surface area contributed by atoms with Crippen LogP contribution in [0.2, 0.25) is 0 Å². The number of nitrogens with zero attached hydrogens (tertiary/aromatic N) is 1. The molecule has 6 heteroatoms. The Hall–Kier alpha value is -0.720. The molecule has 1 heterocycles. The van der Waals surface area contributed by atoms with Crippen LogP contribution in [-0.4, -0.2) is 35.0 Å². The topological polar surface area (TPSA) is 29.3 Å². The molecule has 0 saturated carbocycles. The van der Waals surface area contributed by atoms with Gasteiger partial charge in [-0.15, -0.1) is 0 Å². The third kappa shape index (κ3) is 3.30. The van der Waals surface area contributed by atoms with Crippen LogP contribution in [0.1, 0.15) is 25.5 Å². The van der Waals surface area contributed by atoms with Crippen LogP contribution in [0, 0.1) is 17.5 Å². The summed E-state index contributed by atoms with van der Waals surface area (Å²) in [5.74, 6) is -3.75. The summed E-state index contributed by atoms with van der Waals surface area (Å²) in [7, 11) is 0. The first-order chi connectivity index (χ1) is 9.42. The molecule has 1 aliphatic rings. The lowest BCUT2D eigenvalue weighted by molar-refractivity contribution is 0.198. The van der Waals surface area contributed by atoms with E-state index < -0.39 is 17.5 Å². The summed E-state index contributed by atoms with van der Waals surface area (Å²) in [6.07, 6.45) is 0. The van der Waals surface area contributed by atoms with Crippen LogP contribution in [0.4, 0.5) is 13.2 Å². The van der Waals surface area contributed by atoms with Gasteiger partial charge < -0.3 is 5.73 Å².